The highest BCUT2D eigenvalue weighted by Crippen LogP contribution is 2.51. The van der Waals surface area contributed by atoms with Gasteiger partial charge in [0.15, 0.2) is 5.78 Å². The molecule has 98 valence electrons. The van der Waals surface area contributed by atoms with Crippen LogP contribution in [0.1, 0.15) is 46.0 Å². The number of carboxylic acid groups (broad SMARTS) is 1. The summed E-state index contributed by atoms with van der Waals surface area (Å²) in [7, 11) is 0. The lowest BCUT2D eigenvalue weighted by Gasteiger charge is -2.43. The van der Waals surface area contributed by atoms with Crippen molar-refractivity contribution in [1.29, 1.82) is 0 Å². The molecule has 0 aromatic carbocycles. The van der Waals surface area contributed by atoms with Crippen LogP contribution in [0.2, 0.25) is 0 Å². The standard InChI is InChI=1S/C15H20O3/c1-9(14(17)18)11-4-6-15(3)7-5-13(16)10(2)12(15)8-11/h11H,1,4-8H2,2-3H3,(H,17,18)/t11-,15+/m0/s1. The Morgan fingerprint density at radius 3 is 2.72 bits per heavy atom. The summed E-state index contributed by atoms with van der Waals surface area (Å²) in [6.45, 7) is 7.77. The predicted octanol–water partition coefficient (Wildman–Crippen LogP) is 3.11. The molecule has 2 atom stereocenters. The van der Waals surface area contributed by atoms with Crippen molar-refractivity contribution in [2.45, 2.75) is 46.0 Å². The molecule has 2 aliphatic rings. The first-order chi connectivity index (χ1) is 8.35. The number of aliphatic carboxylic acids is 1. The van der Waals surface area contributed by atoms with Crippen LogP contribution in [0.25, 0.3) is 0 Å². The number of fused-ring (bicyclic) bond motifs is 1. The Bertz CT molecular complexity index is 458. The van der Waals surface area contributed by atoms with Gasteiger partial charge in [-0.1, -0.05) is 19.1 Å². The third-order valence-corrected chi connectivity index (χ3v) is 4.77. The van der Waals surface area contributed by atoms with Crippen molar-refractivity contribution in [2.24, 2.45) is 11.3 Å². The number of rotatable bonds is 2. The molecule has 1 fully saturated rings. The summed E-state index contributed by atoms with van der Waals surface area (Å²) in [4.78, 5) is 22.8. The molecule has 3 heteroatoms. The van der Waals surface area contributed by atoms with Gasteiger partial charge in [-0.25, -0.2) is 4.79 Å². The van der Waals surface area contributed by atoms with Crippen LogP contribution in [0.15, 0.2) is 23.3 Å². The average Bonchev–Trinajstić information content (AvgIpc) is 2.33. The number of allylic oxidation sites excluding steroid dienone is 2. The minimum absolute atomic E-state index is 0.00794. The lowest BCUT2D eigenvalue weighted by Crippen LogP contribution is -2.34. The van der Waals surface area contributed by atoms with Gasteiger partial charge >= 0.3 is 5.97 Å². The molecule has 0 amide bonds. The first-order valence-electron chi connectivity index (χ1n) is 6.50. The summed E-state index contributed by atoms with van der Waals surface area (Å²) in [5, 5.41) is 9.03. The van der Waals surface area contributed by atoms with Crippen LogP contribution in [0.5, 0.6) is 0 Å². The molecule has 0 aromatic rings. The maximum absolute atomic E-state index is 11.8. The van der Waals surface area contributed by atoms with Crippen LogP contribution >= 0.6 is 0 Å². The van der Waals surface area contributed by atoms with Gasteiger partial charge in [-0.05, 0) is 49.5 Å². The van der Waals surface area contributed by atoms with Crippen LogP contribution in [0.4, 0.5) is 0 Å². The molecule has 0 saturated heterocycles. The first kappa shape index (κ1) is 13.1. The van der Waals surface area contributed by atoms with Crippen LogP contribution in [-0.4, -0.2) is 16.9 Å². The van der Waals surface area contributed by atoms with Crippen LogP contribution < -0.4 is 0 Å². The molecule has 0 aliphatic heterocycles. The Hall–Kier alpha value is -1.38. The molecule has 1 saturated carbocycles. The summed E-state index contributed by atoms with van der Waals surface area (Å²) >= 11 is 0. The van der Waals surface area contributed by atoms with Gasteiger partial charge < -0.3 is 5.11 Å². The highest BCUT2D eigenvalue weighted by atomic mass is 16.4. The van der Waals surface area contributed by atoms with Crippen molar-refractivity contribution in [3.63, 3.8) is 0 Å². The summed E-state index contributed by atoms with van der Waals surface area (Å²) in [5.74, 6) is -0.695. The van der Waals surface area contributed by atoms with E-state index in [1.165, 1.54) is 5.57 Å². The van der Waals surface area contributed by atoms with Crippen molar-refractivity contribution < 1.29 is 14.7 Å². The molecule has 0 bridgehead atoms. The maximum atomic E-state index is 11.8. The Kier molecular flexibility index (Phi) is 3.18. The Morgan fingerprint density at radius 2 is 2.11 bits per heavy atom. The van der Waals surface area contributed by atoms with Gasteiger partial charge in [0.25, 0.3) is 0 Å². The number of hydrogen-bond donors (Lipinski definition) is 1. The van der Waals surface area contributed by atoms with Gasteiger partial charge in [-0.2, -0.15) is 0 Å². The van der Waals surface area contributed by atoms with Crippen molar-refractivity contribution in [1.82, 2.24) is 0 Å². The number of hydrogen-bond acceptors (Lipinski definition) is 2. The van der Waals surface area contributed by atoms with E-state index in [1.807, 2.05) is 6.92 Å². The highest BCUT2D eigenvalue weighted by Gasteiger charge is 2.41. The second-order valence-electron chi connectivity index (χ2n) is 5.86. The number of ketones is 1. The van der Waals surface area contributed by atoms with E-state index in [1.54, 1.807) is 0 Å². The van der Waals surface area contributed by atoms with Gasteiger partial charge in [-0.15, -0.1) is 0 Å². The molecular weight excluding hydrogens is 228 g/mol. The lowest BCUT2D eigenvalue weighted by atomic mass is 9.60. The third kappa shape index (κ3) is 2.02. The first-order valence-corrected chi connectivity index (χ1v) is 6.50. The van der Waals surface area contributed by atoms with Crippen molar-refractivity contribution >= 4 is 11.8 Å². The van der Waals surface area contributed by atoms with Gasteiger partial charge in [0.2, 0.25) is 0 Å². The monoisotopic (exact) mass is 248 g/mol. The van der Waals surface area contributed by atoms with Gasteiger partial charge in [0, 0.05) is 12.0 Å². The van der Waals surface area contributed by atoms with Gasteiger partial charge in [0.1, 0.15) is 0 Å². The normalized spacial score (nSPS) is 32.1. The zero-order valence-electron chi connectivity index (χ0n) is 11.1. The van der Waals surface area contributed by atoms with E-state index in [4.69, 9.17) is 5.11 Å². The summed E-state index contributed by atoms with van der Waals surface area (Å²) in [6, 6.07) is 0. The molecule has 0 unspecified atom stereocenters. The van der Waals surface area contributed by atoms with E-state index >= 15 is 0 Å². The Balaban J connectivity index is 2.30. The fraction of sp³-hybridized carbons (Fsp3) is 0.600. The van der Waals surface area contributed by atoms with E-state index in [9.17, 15) is 9.59 Å². The molecule has 0 heterocycles. The van der Waals surface area contributed by atoms with E-state index in [0.717, 1.165) is 24.8 Å². The largest absolute Gasteiger partial charge is 0.478 e. The number of carbonyl (C=O) groups is 2. The number of carbonyl (C=O) groups excluding carboxylic acids is 1. The average molecular weight is 248 g/mol. The van der Waals surface area contributed by atoms with Crippen LogP contribution in [0, 0.1) is 11.3 Å². The Morgan fingerprint density at radius 1 is 1.44 bits per heavy atom. The fourth-order valence-electron chi connectivity index (χ4n) is 3.34. The molecule has 2 rings (SSSR count). The summed E-state index contributed by atoms with van der Waals surface area (Å²) < 4.78 is 0. The SMILES string of the molecule is C=C(C(=O)O)[C@H]1CC[C@]2(C)CCC(=O)C(C)=C2C1. The minimum Gasteiger partial charge on any atom is -0.478 e. The smallest absolute Gasteiger partial charge is 0.331 e. The minimum atomic E-state index is -0.913. The summed E-state index contributed by atoms with van der Waals surface area (Å²) in [5.41, 5.74) is 2.44. The van der Waals surface area contributed by atoms with Crippen molar-refractivity contribution in [3.05, 3.63) is 23.3 Å². The number of Topliss-reactive ketones (excluding diaryl/α,β-unsaturated/α-hetero) is 1. The quantitative estimate of drug-likeness (QED) is 0.764. The molecule has 3 nitrogen and oxygen atoms in total. The fourth-order valence-corrected chi connectivity index (χ4v) is 3.34. The Labute approximate surface area is 108 Å². The van der Waals surface area contributed by atoms with E-state index in [2.05, 4.69) is 13.5 Å². The molecule has 18 heavy (non-hydrogen) atoms. The number of carboxylic acids is 1. The van der Waals surface area contributed by atoms with Crippen molar-refractivity contribution in [3.8, 4) is 0 Å². The molecule has 2 aliphatic carbocycles. The maximum Gasteiger partial charge on any atom is 0.331 e. The second kappa shape index (κ2) is 4.38. The second-order valence-corrected chi connectivity index (χ2v) is 5.86. The zero-order valence-corrected chi connectivity index (χ0v) is 11.1. The predicted molar refractivity (Wildman–Crippen MR) is 69.2 cm³/mol. The van der Waals surface area contributed by atoms with Gasteiger partial charge in [0.05, 0.1) is 0 Å². The summed E-state index contributed by atoms with van der Waals surface area (Å²) in [6.07, 6.45) is 4.07. The van der Waals surface area contributed by atoms with E-state index < -0.39 is 5.97 Å². The third-order valence-electron chi connectivity index (χ3n) is 4.77. The molecule has 0 radical (unpaired) electrons. The van der Waals surface area contributed by atoms with Crippen molar-refractivity contribution in [2.75, 3.05) is 0 Å². The zero-order chi connectivity index (χ0) is 13.5. The highest BCUT2D eigenvalue weighted by molar-refractivity contribution is 5.97. The molecular formula is C15H20O3. The van der Waals surface area contributed by atoms with E-state index in [0.29, 0.717) is 12.8 Å². The van der Waals surface area contributed by atoms with E-state index in [-0.39, 0.29) is 22.7 Å². The van der Waals surface area contributed by atoms with Crippen LogP contribution in [0.3, 0.4) is 0 Å². The topological polar surface area (TPSA) is 54.4 Å². The molecule has 0 aromatic heterocycles. The lowest BCUT2D eigenvalue weighted by molar-refractivity contribution is -0.133. The molecule has 0 spiro atoms. The van der Waals surface area contributed by atoms with Gasteiger partial charge in [-0.3, -0.25) is 4.79 Å². The van der Waals surface area contributed by atoms with Crippen LogP contribution in [-0.2, 0) is 9.59 Å². The molecule has 1 N–H and O–H groups in total.